The molecule has 0 spiro atoms. The van der Waals surface area contributed by atoms with Crippen LogP contribution in [0.4, 0.5) is 0 Å². The molecular formula is C17H25NO2. The zero-order chi connectivity index (χ0) is 14.8. The van der Waals surface area contributed by atoms with Crippen molar-refractivity contribution < 1.29 is 9.53 Å². The van der Waals surface area contributed by atoms with Crippen LogP contribution >= 0.6 is 0 Å². The Morgan fingerprint density at radius 3 is 2.45 bits per heavy atom. The minimum absolute atomic E-state index is 0.0818. The highest BCUT2D eigenvalue weighted by Gasteiger charge is 2.36. The molecule has 2 rings (SSSR count). The topological polar surface area (TPSA) is 38.3 Å². The molecule has 0 bridgehead atoms. The summed E-state index contributed by atoms with van der Waals surface area (Å²) in [6, 6.07) is 8.60. The van der Waals surface area contributed by atoms with Crippen molar-refractivity contribution in [3.8, 4) is 0 Å². The lowest BCUT2D eigenvalue weighted by molar-refractivity contribution is -0.159. The number of rotatable bonds is 3. The standard InChI is InChI=1S/C17H25NO2/c1-5-12-6-8-13(9-7-12)14-10-18-11-15(14)16(19)20-17(2,3)4/h6-9,14-15,18H,5,10-11H2,1-4H3/t14-,15+/m0/s1. The Bertz CT molecular complexity index is 459. The van der Waals surface area contributed by atoms with E-state index in [-0.39, 0.29) is 17.8 Å². The Hall–Kier alpha value is -1.35. The minimum Gasteiger partial charge on any atom is -0.460 e. The fourth-order valence-electron chi connectivity index (χ4n) is 2.65. The normalized spacial score (nSPS) is 22.8. The summed E-state index contributed by atoms with van der Waals surface area (Å²) >= 11 is 0. The van der Waals surface area contributed by atoms with Gasteiger partial charge in [-0.25, -0.2) is 0 Å². The van der Waals surface area contributed by atoms with Crippen LogP contribution < -0.4 is 5.32 Å². The van der Waals surface area contributed by atoms with Crippen LogP contribution in [-0.2, 0) is 16.0 Å². The van der Waals surface area contributed by atoms with Crippen LogP contribution in [0, 0.1) is 5.92 Å². The number of carbonyl (C=O) groups excluding carboxylic acids is 1. The van der Waals surface area contributed by atoms with Crippen molar-refractivity contribution in [2.45, 2.75) is 45.6 Å². The van der Waals surface area contributed by atoms with Crippen LogP contribution in [0.3, 0.4) is 0 Å². The average molecular weight is 275 g/mol. The van der Waals surface area contributed by atoms with Gasteiger partial charge in [-0.05, 0) is 38.3 Å². The van der Waals surface area contributed by atoms with E-state index in [0.29, 0.717) is 6.54 Å². The van der Waals surface area contributed by atoms with Crippen molar-refractivity contribution in [2.75, 3.05) is 13.1 Å². The first-order valence-corrected chi connectivity index (χ1v) is 7.43. The number of ether oxygens (including phenoxy) is 1. The van der Waals surface area contributed by atoms with Crippen molar-refractivity contribution in [2.24, 2.45) is 5.92 Å². The van der Waals surface area contributed by atoms with Gasteiger partial charge in [-0.15, -0.1) is 0 Å². The summed E-state index contributed by atoms with van der Waals surface area (Å²) in [5.41, 5.74) is 2.13. The van der Waals surface area contributed by atoms with E-state index in [1.165, 1.54) is 11.1 Å². The molecule has 0 radical (unpaired) electrons. The molecule has 2 atom stereocenters. The van der Waals surface area contributed by atoms with Crippen molar-refractivity contribution >= 4 is 5.97 Å². The third-order valence-electron chi connectivity index (χ3n) is 3.74. The molecule has 0 amide bonds. The summed E-state index contributed by atoms with van der Waals surface area (Å²) < 4.78 is 5.54. The molecule has 110 valence electrons. The molecule has 0 saturated carbocycles. The molecule has 1 aliphatic rings. The molecule has 1 fully saturated rings. The van der Waals surface area contributed by atoms with Crippen LogP contribution in [0.5, 0.6) is 0 Å². The summed E-state index contributed by atoms with van der Waals surface area (Å²) in [5.74, 6) is 0.0459. The number of aryl methyl sites for hydroxylation is 1. The smallest absolute Gasteiger partial charge is 0.311 e. The van der Waals surface area contributed by atoms with E-state index >= 15 is 0 Å². The van der Waals surface area contributed by atoms with Crippen molar-refractivity contribution in [3.63, 3.8) is 0 Å². The molecule has 0 unspecified atom stereocenters. The van der Waals surface area contributed by atoms with Crippen LogP contribution in [0.1, 0.15) is 44.7 Å². The van der Waals surface area contributed by atoms with Gasteiger partial charge in [0.15, 0.2) is 0 Å². The van der Waals surface area contributed by atoms with E-state index < -0.39 is 5.60 Å². The lowest BCUT2D eigenvalue weighted by Gasteiger charge is -2.24. The molecular weight excluding hydrogens is 250 g/mol. The number of hydrogen-bond acceptors (Lipinski definition) is 3. The first-order valence-electron chi connectivity index (χ1n) is 7.43. The first-order chi connectivity index (χ1) is 9.40. The Morgan fingerprint density at radius 2 is 1.90 bits per heavy atom. The number of hydrogen-bond donors (Lipinski definition) is 1. The van der Waals surface area contributed by atoms with Gasteiger partial charge in [-0.1, -0.05) is 31.2 Å². The molecule has 1 heterocycles. The van der Waals surface area contributed by atoms with Crippen LogP contribution in [0.2, 0.25) is 0 Å². The predicted molar refractivity (Wildman–Crippen MR) is 80.8 cm³/mol. The van der Waals surface area contributed by atoms with E-state index in [9.17, 15) is 4.79 Å². The van der Waals surface area contributed by atoms with Gasteiger partial charge in [0.2, 0.25) is 0 Å². The zero-order valence-electron chi connectivity index (χ0n) is 12.9. The van der Waals surface area contributed by atoms with Gasteiger partial charge in [0.25, 0.3) is 0 Å². The second-order valence-electron chi connectivity index (χ2n) is 6.50. The molecule has 0 aromatic heterocycles. The highest BCUT2D eigenvalue weighted by Crippen LogP contribution is 2.30. The van der Waals surface area contributed by atoms with Gasteiger partial charge >= 0.3 is 5.97 Å². The van der Waals surface area contributed by atoms with E-state index in [1.807, 2.05) is 20.8 Å². The van der Waals surface area contributed by atoms with Gasteiger partial charge in [0.05, 0.1) is 5.92 Å². The van der Waals surface area contributed by atoms with Crippen LogP contribution in [0.25, 0.3) is 0 Å². The fraction of sp³-hybridized carbons (Fsp3) is 0.588. The van der Waals surface area contributed by atoms with E-state index in [1.54, 1.807) is 0 Å². The van der Waals surface area contributed by atoms with Gasteiger partial charge in [0.1, 0.15) is 5.60 Å². The Balaban J connectivity index is 2.12. The first kappa shape index (κ1) is 15.0. The lowest BCUT2D eigenvalue weighted by Crippen LogP contribution is -2.31. The summed E-state index contributed by atoms with van der Waals surface area (Å²) in [6.45, 7) is 9.44. The molecule has 1 N–H and O–H groups in total. The average Bonchev–Trinajstić information content (AvgIpc) is 2.86. The maximum atomic E-state index is 12.3. The molecule has 3 nitrogen and oxygen atoms in total. The van der Waals surface area contributed by atoms with Crippen molar-refractivity contribution in [1.29, 1.82) is 0 Å². The number of nitrogens with one attached hydrogen (secondary N) is 1. The van der Waals surface area contributed by atoms with Crippen molar-refractivity contribution in [3.05, 3.63) is 35.4 Å². The summed E-state index contributed by atoms with van der Waals surface area (Å²) in [4.78, 5) is 12.3. The zero-order valence-corrected chi connectivity index (χ0v) is 12.9. The highest BCUT2D eigenvalue weighted by atomic mass is 16.6. The predicted octanol–water partition coefficient (Wildman–Crippen LogP) is 2.89. The third-order valence-corrected chi connectivity index (χ3v) is 3.74. The van der Waals surface area contributed by atoms with Gasteiger partial charge < -0.3 is 10.1 Å². The van der Waals surface area contributed by atoms with Gasteiger partial charge in [-0.2, -0.15) is 0 Å². The Labute approximate surface area is 121 Å². The molecule has 3 heteroatoms. The molecule has 1 aromatic rings. The maximum Gasteiger partial charge on any atom is 0.311 e. The Kier molecular flexibility index (Phi) is 4.48. The number of carbonyl (C=O) groups is 1. The van der Waals surface area contributed by atoms with Crippen LogP contribution in [0.15, 0.2) is 24.3 Å². The molecule has 20 heavy (non-hydrogen) atoms. The van der Waals surface area contributed by atoms with Crippen molar-refractivity contribution in [1.82, 2.24) is 5.32 Å². The SMILES string of the molecule is CCc1ccc([C@@H]2CNC[C@H]2C(=O)OC(C)(C)C)cc1. The fourth-order valence-corrected chi connectivity index (χ4v) is 2.65. The summed E-state index contributed by atoms with van der Waals surface area (Å²) in [5, 5.41) is 3.32. The lowest BCUT2D eigenvalue weighted by atomic mass is 9.88. The number of esters is 1. The van der Waals surface area contributed by atoms with E-state index in [4.69, 9.17) is 4.74 Å². The van der Waals surface area contributed by atoms with E-state index in [0.717, 1.165) is 13.0 Å². The third kappa shape index (κ3) is 3.60. The monoisotopic (exact) mass is 275 g/mol. The van der Waals surface area contributed by atoms with Gasteiger partial charge in [0, 0.05) is 19.0 Å². The maximum absolute atomic E-state index is 12.3. The highest BCUT2D eigenvalue weighted by molar-refractivity contribution is 5.75. The summed E-state index contributed by atoms with van der Waals surface area (Å²) in [6.07, 6.45) is 1.04. The summed E-state index contributed by atoms with van der Waals surface area (Å²) in [7, 11) is 0. The molecule has 0 aliphatic carbocycles. The quantitative estimate of drug-likeness (QED) is 0.862. The Morgan fingerprint density at radius 1 is 1.25 bits per heavy atom. The van der Waals surface area contributed by atoms with Crippen LogP contribution in [-0.4, -0.2) is 24.7 Å². The largest absolute Gasteiger partial charge is 0.460 e. The van der Waals surface area contributed by atoms with Gasteiger partial charge in [-0.3, -0.25) is 4.79 Å². The molecule has 1 aromatic carbocycles. The second-order valence-corrected chi connectivity index (χ2v) is 6.50. The number of benzene rings is 1. The second kappa shape index (κ2) is 5.96. The molecule has 1 aliphatic heterocycles. The molecule has 1 saturated heterocycles. The van der Waals surface area contributed by atoms with E-state index in [2.05, 4.69) is 36.5 Å². The minimum atomic E-state index is -0.420.